The Hall–Kier alpha value is -2.36. The van der Waals surface area contributed by atoms with Gasteiger partial charge in [-0.2, -0.15) is 0 Å². The molecule has 1 heterocycles. The maximum absolute atomic E-state index is 13.3. The number of carbonyl (C=O) groups excluding carboxylic acids is 1. The summed E-state index contributed by atoms with van der Waals surface area (Å²) in [6.07, 6.45) is 0. The molecule has 0 N–H and O–H groups in total. The van der Waals surface area contributed by atoms with Crippen molar-refractivity contribution in [2.24, 2.45) is 0 Å². The Morgan fingerprint density at radius 1 is 0.963 bits per heavy atom. The molecule has 0 aliphatic rings. The molecule has 27 heavy (non-hydrogen) atoms. The number of benzene rings is 3. The summed E-state index contributed by atoms with van der Waals surface area (Å²) < 4.78 is 2.15. The van der Waals surface area contributed by atoms with Gasteiger partial charge in [0.25, 0.3) is 0 Å². The van der Waals surface area contributed by atoms with E-state index in [0.717, 1.165) is 33.2 Å². The predicted molar refractivity (Wildman–Crippen MR) is 116 cm³/mol. The molecule has 2 nitrogen and oxygen atoms in total. The number of hydrogen-bond acceptors (Lipinski definition) is 1. The first-order valence-corrected chi connectivity index (χ1v) is 10.2. The van der Waals surface area contributed by atoms with Crippen LogP contribution >= 0.6 is 27.5 Å². The predicted octanol–water partition coefficient (Wildman–Crippen LogP) is 6.72. The Morgan fingerprint density at radius 3 is 2.30 bits per heavy atom. The van der Waals surface area contributed by atoms with Gasteiger partial charge in [0.15, 0.2) is 5.78 Å². The third kappa shape index (κ3) is 3.22. The number of rotatable bonds is 4. The summed E-state index contributed by atoms with van der Waals surface area (Å²) in [5.74, 6) is 0.0104. The van der Waals surface area contributed by atoms with E-state index in [4.69, 9.17) is 11.6 Å². The number of carbonyl (C=O) groups is 1. The van der Waals surface area contributed by atoms with Crippen molar-refractivity contribution in [1.29, 1.82) is 0 Å². The average Bonchev–Trinajstić information content (AvgIpc) is 3.00. The molecule has 0 unspecified atom stereocenters. The van der Waals surface area contributed by atoms with E-state index in [-0.39, 0.29) is 5.78 Å². The van der Waals surface area contributed by atoms with Crippen molar-refractivity contribution in [3.05, 3.63) is 100 Å². The molecule has 3 aromatic carbocycles. The van der Waals surface area contributed by atoms with E-state index in [1.54, 1.807) is 24.3 Å². The molecular formula is C23H17BrClNO. The fourth-order valence-electron chi connectivity index (χ4n) is 3.47. The van der Waals surface area contributed by atoms with E-state index in [9.17, 15) is 4.79 Å². The lowest BCUT2D eigenvalue weighted by Crippen LogP contribution is -2.04. The molecule has 4 heteroatoms. The third-order valence-electron chi connectivity index (χ3n) is 4.79. The fraction of sp³-hybridized carbons (Fsp3) is 0.0870. The van der Waals surface area contributed by atoms with Gasteiger partial charge in [0.1, 0.15) is 0 Å². The Labute approximate surface area is 171 Å². The van der Waals surface area contributed by atoms with Crippen molar-refractivity contribution in [3.8, 4) is 5.69 Å². The lowest BCUT2D eigenvalue weighted by atomic mass is 10.0. The van der Waals surface area contributed by atoms with Crippen LogP contribution in [0.4, 0.5) is 0 Å². The van der Waals surface area contributed by atoms with E-state index in [2.05, 4.69) is 50.8 Å². The summed E-state index contributed by atoms with van der Waals surface area (Å²) in [6, 6.07) is 23.5. The van der Waals surface area contributed by atoms with Crippen molar-refractivity contribution in [1.82, 2.24) is 4.57 Å². The highest BCUT2D eigenvalue weighted by Gasteiger charge is 2.21. The van der Waals surface area contributed by atoms with Crippen LogP contribution in [0.5, 0.6) is 0 Å². The second kappa shape index (κ2) is 7.34. The summed E-state index contributed by atoms with van der Waals surface area (Å²) >= 11 is 9.46. The van der Waals surface area contributed by atoms with Gasteiger partial charge in [-0.15, -0.1) is 0 Å². The zero-order valence-electron chi connectivity index (χ0n) is 14.7. The van der Waals surface area contributed by atoms with Crippen molar-refractivity contribution in [2.45, 2.75) is 12.3 Å². The smallest absolute Gasteiger partial charge is 0.195 e. The largest absolute Gasteiger partial charge is 0.313 e. The first-order valence-electron chi connectivity index (χ1n) is 8.65. The number of para-hydroxylation sites is 1. The van der Waals surface area contributed by atoms with Crippen molar-refractivity contribution in [2.75, 3.05) is 0 Å². The van der Waals surface area contributed by atoms with Crippen LogP contribution in [0.15, 0.2) is 72.8 Å². The van der Waals surface area contributed by atoms with Crippen LogP contribution in [0, 0.1) is 6.92 Å². The number of ketones is 1. The van der Waals surface area contributed by atoms with Gasteiger partial charge in [0, 0.05) is 32.7 Å². The standard InChI is InChI=1S/C23H17BrClNO/c1-15-22(23(27)17-8-10-18(25)11-9-17)20-4-2-3-5-21(20)26(15)19-12-6-16(14-24)7-13-19/h2-13H,14H2,1H3. The second-order valence-electron chi connectivity index (χ2n) is 6.45. The highest BCUT2D eigenvalue weighted by atomic mass is 79.9. The van der Waals surface area contributed by atoms with E-state index >= 15 is 0 Å². The number of nitrogens with zero attached hydrogens (tertiary/aromatic N) is 1. The molecule has 0 saturated carbocycles. The van der Waals surface area contributed by atoms with Gasteiger partial charge < -0.3 is 4.57 Å². The summed E-state index contributed by atoms with van der Waals surface area (Å²) in [5.41, 5.74) is 5.59. The van der Waals surface area contributed by atoms with Crippen LogP contribution in [0.3, 0.4) is 0 Å². The monoisotopic (exact) mass is 437 g/mol. The number of aromatic nitrogens is 1. The number of fused-ring (bicyclic) bond motifs is 1. The molecule has 134 valence electrons. The van der Waals surface area contributed by atoms with Gasteiger partial charge in [-0.1, -0.05) is 57.9 Å². The molecule has 0 aliphatic carbocycles. The minimum Gasteiger partial charge on any atom is -0.313 e. The highest BCUT2D eigenvalue weighted by Crippen LogP contribution is 2.31. The van der Waals surface area contributed by atoms with Crippen LogP contribution in [0.1, 0.15) is 27.2 Å². The lowest BCUT2D eigenvalue weighted by Gasteiger charge is -2.09. The van der Waals surface area contributed by atoms with Gasteiger partial charge in [-0.25, -0.2) is 0 Å². The molecule has 0 fully saturated rings. The number of hydrogen-bond donors (Lipinski definition) is 0. The SMILES string of the molecule is Cc1c(C(=O)c2ccc(Cl)cc2)c2ccccc2n1-c1ccc(CBr)cc1. The van der Waals surface area contributed by atoms with Crippen LogP contribution < -0.4 is 0 Å². The minimum atomic E-state index is 0.0104. The Bertz CT molecular complexity index is 1130. The topological polar surface area (TPSA) is 22.0 Å². The van der Waals surface area contributed by atoms with Crippen molar-refractivity contribution >= 4 is 44.2 Å². The van der Waals surface area contributed by atoms with Crippen LogP contribution in [0.25, 0.3) is 16.6 Å². The van der Waals surface area contributed by atoms with Gasteiger partial charge in [0.2, 0.25) is 0 Å². The summed E-state index contributed by atoms with van der Waals surface area (Å²) in [7, 11) is 0. The summed E-state index contributed by atoms with van der Waals surface area (Å²) in [6.45, 7) is 2.00. The fourth-order valence-corrected chi connectivity index (χ4v) is 3.97. The molecule has 4 aromatic rings. The molecule has 0 atom stereocenters. The molecule has 0 aliphatic heterocycles. The van der Waals surface area contributed by atoms with Gasteiger partial charge in [-0.05, 0) is 55.0 Å². The maximum Gasteiger partial charge on any atom is 0.195 e. The van der Waals surface area contributed by atoms with E-state index in [1.165, 1.54) is 5.56 Å². The number of halogens is 2. The quantitative estimate of drug-likeness (QED) is 0.256. The van der Waals surface area contributed by atoms with Crippen LogP contribution in [0.2, 0.25) is 5.02 Å². The Balaban J connectivity index is 1.93. The van der Waals surface area contributed by atoms with Crippen molar-refractivity contribution < 1.29 is 4.79 Å². The zero-order valence-corrected chi connectivity index (χ0v) is 17.1. The molecule has 0 bridgehead atoms. The second-order valence-corrected chi connectivity index (χ2v) is 7.45. The lowest BCUT2D eigenvalue weighted by molar-refractivity contribution is 0.103. The van der Waals surface area contributed by atoms with E-state index < -0.39 is 0 Å². The van der Waals surface area contributed by atoms with Gasteiger partial charge in [-0.3, -0.25) is 4.79 Å². The molecule has 4 rings (SSSR count). The summed E-state index contributed by atoms with van der Waals surface area (Å²) in [5, 5.41) is 2.40. The zero-order chi connectivity index (χ0) is 19.0. The molecular weight excluding hydrogens is 422 g/mol. The maximum atomic E-state index is 13.3. The molecule has 0 amide bonds. The van der Waals surface area contributed by atoms with Crippen LogP contribution in [-0.4, -0.2) is 10.4 Å². The van der Waals surface area contributed by atoms with E-state index in [0.29, 0.717) is 10.6 Å². The minimum absolute atomic E-state index is 0.0104. The van der Waals surface area contributed by atoms with Crippen LogP contribution in [-0.2, 0) is 5.33 Å². The van der Waals surface area contributed by atoms with Crippen molar-refractivity contribution in [3.63, 3.8) is 0 Å². The van der Waals surface area contributed by atoms with Gasteiger partial charge in [0.05, 0.1) is 11.1 Å². The first-order chi connectivity index (χ1) is 13.1. The van der Waals surface area contributed by atoms with Gasteiger partial charge >= 0.3 is 0 Å². The summed E-state index contributed by atoms with van der Waals surface area (Å²) in [4.78, 5) is 13.3. The Kier molecular flexibility index (Phi) is 4.90. The number of alkyl halides is 1. The molecule has 1 aromatic heterocycles. The third-order valence-corrected chi connectivity index (χ3v) is 5.69. The Morgan fingerprint density at radius 2 is 1.63 bits per heavy atom. The first kappa shape index (κ1) is 18.0. The normalized spacial score (nSPS) is 11.1. The highest BCUT2D eigenvalue weighted by molar-refractivity contribution is 9.08. The molecule has 0 radical (unpaired) electrons. The average molecular weight is 439 g/mol. The molecule has 0 spiro atoms. The van der Waals surface area contributed by atoms with E-state index in [1.807, 2.05) is 25.1 Å². The molecule has 0 saturated heterocycles.